The number of nitrogens with one attached hydrogen (secondary N) is 2. The van der Waals surface area contributed by atoms with Gasteiger partial charge in [0.05, 0.1) is 7.11 Å². The first-order valence-corrected chi connectivity index (χ1v) is 7.02. The van der Waals surface area contributed by atoms with Gasteiger partial charge in [-0.1, -0.05) is 32.4 Å². The molecule has 0 aromatic heterocycles. The molecule has 2 atom stereocenters. The van der Waals surface area contributed by atoms with Gasteiger partial charge in [0.25, 0.3) is 5.91 Å². The highest BCUT2D eigenvalue weighted by atomic mass is 16.5. The second-order valence-electron chi connectivity index (χ2n) is 5.16. The van der Waals surface area contributed by atoms with Crippen molar-refractivity contribution in [1.29, 1.82) is 0 Å². The summed E-state index contributed by atoms with van der Waals surface area (Å²) in [6.07, 6.45) is 2.48. The van der Waals surface area contributed by atoms with Crippen molar-refractivity contribution in [3.05, 3.63) is 35.5 Å². The Labute approximate surface area is 124 Å². The van der Waals surface area contributed by atoms with Crippen molar-refractivity contribution in [2.45, 2.75) is 26.3 Å². The van der Waals surface area contributed by atoms with Gasteiger partial charge in [-0.2, -0.15) is 0 Å². The Bertz CT molecular complexity index is 563. The molecule has 5 nitrogen and oxygen atoms in total. The zero-order chi connectivity index (χ0) is 15.4. The van der Waals surface area contributed by atoms with E-state index < -0.39 is 6.04 Å². The second-order valence-corrected chi connectivity index (χ2v) is 5.16. The van der Waals surface area contributed by atoms with E-state index in [1.807, 2.05) is 26.0 Å². The average molecular weight is 288 g/mol. The Balaban J connectivity index is 2.16. The van der Waals surface area contributed by atoms with E-state index in [1.54, 1.807) is 25.3 Å². The zero-order valence-electron chi connectivity index (χ0n) is 12.5. The van der Waals surface area contributed by atoms with Gasteiger partial charge >= 0.3 is 0 Å². The monoisotopic (exact) mass is 288 g/mol. The first kappa shape index (κ1) is 15.1. The quantitative estimate of drug-likeness (QED) is 0.829. The number of piperazine rings is 1. The maximum Gasteiger partial charge on any atom is 0.268 e. The van der Waals surface area contributed by atoms with Crippen LogP contribution in [0.5, 0.6) is 5.75 Å². The van der Waals surface area contributed by atoms with Gasteiger partial charge in [-0.25, -0.2) is 0 Å². The van der Waals surface area contributed by atoms with Crippen LogP contribution in [0.1, 0.15) is 25.8 Å². The molecule has 1 aromatic carbocycles. The molecule has 1 heterocycles. The van der Waals surface area contributed by atoms with Gasteiger partial charge in [0.1, 0.15) is 17.5 Å². The predicted octanol–water partition coefficient (Wildman–Crippen LogP) is 1.70. The smallest absolute Gasteiger partial charge is 0.268 e. The lowest BCUT2D eigenvalue weighted by Gasteiger charge is -2.28. The van der Waals surface area contributed by atoms with Gasteiger partial charge in [-0.05, 0) is 29.7 Å². The summed E-state index contributed by atoms with van der Waals surface area (Å²) in [5.41, 5.74) is 1.09. The van der Waals surface area contributed by atoms with Crippen molar-refractivity contribution in [1.82, 2.24) is 10.6 Å². The normalized spacial score (nSPS) is 21.7. The number of ether oxygens (including phenoxy) is 1. The Morgan fingerprint density at radius 2 is 1.95 bits per heavy atom. The number of rotatable bonds is 4. The third-order valence-electron chi connectivity index (χ3n) is 3.71. The molecule has 1 fully saturated rings. The molecule has 21 heavy (non-hydrogen) atoms. The highest BCUT2D eigenvalue weighted by molar-refractivity contribution is 6.07. The molecule has 1 aromatic rings. The molecule has 5 heteroatoms. The van der Waals surface area contributed by atoms with Crippen molar-refractivity contribution in [2.24, 2.45) is 5.92 Å². The Morgan fingerprint density at radius 3 is 2.52 bits per heavy atom. The van der Waals surface area contributed by atoms with Crippen molar-refractivity contribution in [3.8, 4) is 5.75 Å². The molecular weight excluding hydrogens is 268 g/mol. The number of amides is 2. The van der Waals surface area contributed by atoms with Gasteiger partial charge in [-0.3, -0.25) is 9.59 Å². The molecule has 0 aliphatic carbocycles. The second kappa shape index (κ2) is 6.43. The summed E-state index contributed by atoms with van der Waals surface area (Å²) >= 11 is 0. The van der Waals surface area contributed by atoms with Crippen LogP contribution in [0.2, 0.25) is 0 Å². The topological polar surface area (TPSA) is 67.4 Å². The summed E-state index contributed by atoms with van der Waals surface area (Å²) in [7, 11) is 1.59. The van der Waals surface area contributed by atoms with Crippen molar-refractivity contribution in [2.75, 3.05) is 7.11 Å². The Kier molecular flexibility index (Phi) is 4.62. The number of benzene rings is 1. The number of hydrogen-bond acceptors (Lipinski definition) is 3. The van der Waals surface area contributed by atoms with Crippen LogP contribution in [0.15, 0.2) is 30.0 Å². The van der Waals surface area contributed by atoms with Gasteiger partial charge in [-0.15, -0.1) is 0 Å². The van der Waals surface area contributed by atoms with Gasteiger partial charge in [0.15, 0.2) is 0 Å². The lowest BCUT2D eigenvalue weighted by molar-refractivity contribution is -0.132. The van der Waals surface area contributed by atoms with E-state index in [0.717, 1.165) is 17.7 Å². The third-order valence-corrected chi connectivity index (χ3v) is 3.71. The summed E-state index contributed by atoms with van der Waals surface area (Å²) in [5, 5.41) is 5.45. The minimum Gasteiger partial charge on any atom is -0.497 e. The van der Waals surface area contributed by atoms with E-state index in [0.29, 0.717) is 0 Å². The predicted molar refractivity (Wildman–Crippen MR) is 80.5 cm³/mol. The molecular formula is C16H20N2O3. The minimum absolute atomic E-state index is 0.108. The van der Waals surface area contributed by atoms with Crippen molar-refractivity contribution in [3.63, 3.8) is 0 Å². The van der Waals surface area contributed by atoms with E-state index in [9.17, 15) is 9.59 Å². The SMILES string of the molecule is CC[C@@H](C)[C@@H]1NC(=O)/C(=C\c2ccc(OC)cc2)NC1=O. The summed E-state index contributed by atoms with van der Waals surface area (Å²) < 4.78 is 5.08. The first-order valence-electron chi connectivity index (χ1n) is 7.02. The lowest BCUT2D eigenvalue weighted by atomic mass is 9.96. The Hall–Kier alpha value is -2.30. The van der Waals surface area contributed by atoms with Crippen molar-refractivity contribution < 1.29 is 14.3 Å². The fourth-order valence-electron chi connectivity index (χ4n) is 2.16. The number of carbonyl (C=O) groups excluding carboxylic acids is 2. The molecule has 1 saturated heterocycles. The summed E-state index contributed by atoms with van der Waals surface area (Å²) in [6.45, 7) is 3.94. The number of methoxy groups -OCH3 is 1. The molecule has 1 aliphatic rings. The van der Waals surface area contributed by atoms with Crippen LogP contribution in [0.3, 0.4) is 0 Å². The third kappa shape index (κ3) is 3.42. The molecule has 2 amide bonds. The first-order chi connectivity index (χ1) is 10.0. The number of hydrogen-bond donors (Lipinski definition) is 2. The fraction of sp³-hybridized carbons (Fsp3) is 0.375. The van der Waals surface area contributed by atoms with Gasteiger partial charge in [0, 0.05) is 0 Å². The summed E-state index contributed by atoms with van der Waals surface area (Å²) in [5.74, 6) is 0.432. The van der Waals surface area contributed by atoms with E-state index >= 15 is 0 Å². The van der Waals surface area contributed by atoms with E-state index in [1.165, 1.54) is 0 Å². The van der Waals surface area contributed by atoms with Gasteiger partial charge in [0.2, 0.25) is 5.91 Å². The van der Waals surface area contributed by atoms with Crippen LogP contribution in [-0.2, 0) is 9.59 Å². The lowest BCUT2D eigenvalue weighted by Crippen LogP contribution is -2.57. The minimum atomic E-state index is -0.462. The largest absolute Gasteiger partial charge is 0.497 e. The highest BCUT2D eigenvalue weighted by Crippen LogP contribution is 2.16. The molecule has 0 bridgehead atoms. The average Bonchev–Trinajstić information content (AvgIpc) is 2.50. The maximum absolute atomic E-state index is 12.1. The molecule has 1 aliphatic heterocycles. The van der Waals surface area contributed by atoms with Crippen molar-refractivity contribution >= 4 is 17.9 Å². The standard InChI is InChI=1S/C16H20N2O3/c1-4-10(2)14-16(20)17-13(15(19)18-14)9-11-5-7-12(21-3)8-6-11/h5-10,14H,4H2,1-3H3,(H,17,20)(H,18,19)/b13-9+/t10-,14+/m1/s1. The van der Waals surface area contributed by atoms with Crippen LogP contribution in [0.25, 0.3) is 6.08 Å². The molecule has 0 unspecified atom stereocenters. The molecule has 0 spiro atoms. The molecule has 2 rings (SSSR count). The molecule has 2 N–H and O–H groups in total. The number of carbonyl (C=O) groups is 2. The maximum atomic E-state index is 12.1. The molecule has 112 valence electrons. The van der Waals surface area contributed by atoms with Crippen LogP contribution >= 0.6 is 0 Å². The van der Waals surface area contributed by atoms with Crippen LogP contribution < -0.4 is 15.4 Å². The fourth-order valence-corrected chi connectivity index (χ4v) is 2.16. The van der Waals surface area contributed by atoms with E-state index in [4.69, 9.17) is 4.74 Å². The molecule has 0 saturated carbocycles. The highest BCUT2D eigenvalue weighted by Gasteiger charge is 2.32. The Morgan fingerprint density at radius 1 is 1.29 bits per heavy atom. The van der Waals surface area contributed by atoms with Crippen LogP contribution in [0.4, 0.5) is 0 Å². The zero-order valence-corrected chi connectivity index (χ0v) is 12.5. The van der Waals surface area contributed by atoms with Gasteiger partial charge < -0.3 is 15.4 Å². The summed E-state index contributed by atoms with van der Waals surface area (Å²) in [4.78, 5) is 24.1. The molecule has 0 radical (unpaired) electrons. The van der Waals surface area contributed by atoms with Crippen LogP contribution in [0, 0.1) is 5.92 Å². The van der Waals surface area contributed by atoms with Crippen LogP contribution in [-0.4, -0.2) is 25.0 Å². The summed E-state index contributed by atoms with van der Waals surface area (Å²) in [6, 6.07) is 6.79. The van der Waals surface area contributed by atoms with E-state index in [-0.39, 0.29) is 23.4 Å². The van der Waals surface area contributed by atoms with E-state index in [2.05, 4.69) is 10.6 Å².